The van der Waals surface area contributed by atoms with Gasteiger partial charge in [0, 0.05) is 30.7 Å². The Balaban J connectivity index is 1.54. The van der Waals surface area contributed by atoms with Crippen LogP contribution in [0.3, 0.4) is 0 Å². The van der Waals surface area contributed by atoms with Crippen molar-refractivity contribution in [3.63, 3.8) is 0 Å². The van der Waals surface area contributed by atoms with E-state index in [0.29, 0.717) is 12.0 Å². The van der Waals surface area contributed by atoms with Crippen LogP contribution in [0.4, 0.5) is 5.95 Å². The molecule has 1 saturated heterocycles. The van der Waals surface area contributed by atoms with Crippen molar-refractivity contribution in [2.75, 3.05) is 18.8 Å². The van der Waals surface area contributed by atoms with E-state index in [1.165, 1.54) is 5.56 Å². The second-order valence-electron chi connectivity index (χ2n) is 6.87. The van der Waals surface area contributed by atoms with E-state index in [-0.39, 0.29) is 0 Å². The van der Waals surface area contributed by atoms with Crippen LogP contribution in [-0.4, -0.2) is 27.5 Å². The van der Waals surface area contributed by atoms with Crippen LogP contribution in [0, 0.1) is 6.92 Å². The van der Waals surface area contributed by atoms with Gasteiger partial charge < -0.3 is 10.3 Å². The molecule has 4 rings (SSSR count). The highest BCUT2D eigenvalue weighted by atomic mass is 35.5. The van der Waals surface area contributed by atoms with Gasteiger partial charge in [0.05, 0.1) is 11.0 Å². The molecule has 1 aliphatic heterocycles. The Morgan fingerprint density at radius 3 is 2.56 bits per heavy atom. The summed E-state index contributed by atoms with van der Waals surface area (Å²) in [5, 5.41) is 0.773. The van der Waals surface area contributed by atoms with Crippen molar-refractivity contribution in [2.24, 2.45) is 0 Å². The lowest BCUT2D eigenvalue weighted by Crippen LogP contribution is -2.34. The van der Waals surface area contributed by atoms with Crippen LogP contribution < -0.4 is 5.73 Å². The van der Waals surface area contributed by atoms with Gasteiger partial charge in [-0.2, -0.15) is 0 Å². The van der Waals surface area contributed by atoms with Crippen LogP contribution in [0.2, 0.25) is 5.02 Å². The number of benzene rings is 2. The molecule has 25 heavy (non-hydrogen) atoms. The number of hydrogen-bond donors (Lipinski definition) is 1. The van der Waals surface area contributed by atoms with Gasteiger partial charge in [0.2, 0.25) is 5.95 Å². The number of imidazole rings is 1. The van der Waals surface area contributed by atoms with E-state index in [4.69, 9.17) is 17.3 Å². The fourth-order valence-electron chi connectivity index (χ4n) is 3.89. The van der Waals surface area contributed by atoms with Gasteiger partial charge in [-0.25, -0.2) is 4.98 Å². The van der Waals surface area contributed by atoms with E-state index in [1.807, 2.05) is 19.1 Å². The SMILES string of the molecule is Cc1c(Cl)ccc2nc(N)n(C3CCN(Cc4ccccc4)CC3)c12. The molecule has 0 amide bonds. The van der Waals surface area contributed by atoms with Crippen LogP contribution >= 0.6 is 11.6 Å². The Kier molecular flexibility index (Phi) is 4.40. The Morgan fingerprint density at radius 2 is 1.84 bits per heavy atom. The van der Waals surface area contributed by atoms with E-state index in [9.17, 15) is 0 Å². The van der Waals surface area contributed by atoms with Gasteiger partial charge in [-0.05, 0) is 43.0 Å². The van der Waals surface area contributed by atoms with Crippen molar-refractivity contribution >= 4 is 28.6 Å². The highest BCUT2D eigenvalue weighted by molar-refractivity contribution is 6.32. The van der Waals surface area contributed by atoms with Gasteiger partial charge in [0.25, 0.3) is 0 Å². The highest BCUT2D eigenvalue weighted by Crippen LogP contribution is 2.34. The maximum absolute atomic E-state index is 6.33. The maximum atomic E-state index is 6.33. The fraction of sp³-hybridized carbons (Fsp3) is 0.350. The number of nitrogens with zero attached hydrogens (tertiary/aromatic N) is 3. The number of hydrogen-bond acceptors (Lipinski definition) is 3. The topological polar surface area (TPSA) is 47.1 Å². The van der Waals surface area contributed by atoms with Crippen molar-refractivity contribution in [3.8, 4) is 0 Å². The molecule has 5 heteroatoms. The van der Waals surface area contributed by atoms with Crippen LogP contribution in [0.15, 0.2) is 42.5 Å². The van der Waals surface area contributed by atoms with Gasteiger partial charge in [0.15, 0.2) is 0 Å². The minimum Gasteiger partial charge on any atom is -0.369 e. The molecule has 1 fully saturated rings. The van der Waals surface area contributed by atoms with Crippen LogP contribution in [0.5, 0.6) is 0 Å². The third-order valence-electron chi connectivity index (χ3n) is 5.24. The summed E-state index contributed by atoms with van der Waals surface area (Å²) in [6.07, 6.45) is 2.16. The summed E-state index contributed by atoms with van der Waals surface area (Å²) in [4.78, 5) is 7.06. The van der Waals surface area contributed by atoms with Gasteiger partial charge in [-0.3, -0.25) is 4.90 Å². The second kappa shape index (κ2) is 6.70. The summed E-state index contributed by atoms with van der Waals surface area (Å²) in [6.45, 7) is 5.20. The van der Waals surface area contributed by atoms with E-state index in [0.717, 1.165) is 54.1 Å². The molecule has 0 aliphatic carbocycles. The monoisotopic (exact) mass is 354 g/mol. The van der Waals surface area contributed by atoms with Gasteiger partial charge in [0.1, 0.15) is 0 Å². The zero-order valence-corrected chi connectivity index (χ0v) is 15.2. The molecule has 2 N–H and O–H groups in total. The molecule has 4 nitrogen and oxygen atoms in total. The predicted octanol–water partition coefficient (Wildman–Crippen LogP) is 4.42. The van der Waals surface area contributed by atoms with E-state index in [2.05, 4.69) is 44.8 Å². The number of halogens is 1. The summed E-state index contributed by atoms with van der Waals surface area (Å²) in [7, 11) is 0. The molecule has 0 bridgehead atoms. The first-order chi connectivity index (χ1) is 12.1. The Bertz CT molecular complexity index is 880. The van der Waals surface area contributed by atoms with Crippen LogP contribution in [0.25, 0.3) is 11.0 Å². The molecular weight excluding hydrogens is 332 g/mol. The molecule has 0 spiro atoms. The number of anilines is 1. The van der Waals surface area contributed by atoms with Gasteiger partial charge in [-0.1, -0.05) is 41.9 Å². The minimum absolute atomic E-state index is 0.384. The van der Waals surface area contributed by atoms with Crippen LogP contribution in [0.1, 0.15) is 30.0 Å². The first-order valence-corrected chi connectivity index (χ1v) is 9.20. The zero-order chi connectivity index (χ0) is 17.4. The molecule has 2 aromatic carbocycles. The number of nitrogens with two attached hydrogens (primary N) is 1. The van der Waals surface area contributed by atoms with Crippen LogP contribution in [-0.2, 0) is 6.54 Å². The molecule has 0 radical (unpaired) electrons. The standard InChI is InChI=1S/C20H23ClN4/c1-14-17(21)7-8-18-19(14)25(20(22)23-18)16-9-11-24(12-10-16)13-15-5-3-2-4-6-15/h2-8,16H,9-13H2,1H3,(H2,22,23). The molecular formula is C20H23ClN4. The Morgan fingerprint density at radius 1 is 1.12 bits per heavy atom. The van der Waals surface area contributed by atoms with Crippen molar-refractivity contribution in [1.29, 1.82) is 0 Å². The summed E-state index contributed by atoms with van der Waals surface area (Å²) >= 11 is 6.33. The summed E-state index contributed by atoms with van der Waals surface area (Å²) in [5.74, 6) is 0.599. The molecule has 0 atom stereocenters. The van der Waals surface area contributed by atoms with E-state index >= 15 is 0 Å². The molecule has 3 aromatic rings. The zero-order valence-electron chi connectivity index (χ0n) is 14.5. The number of rotatable bonds is 3. The van der Waals surface area contributed by atoms with Gasteiger partial charge in [-0.15, -0.1) is 0 Å². The number of fused-ring (bicyclic) bond motifs is 1. The van der Waals surface area contributed by atoms with Gasteiger partial charge >= 0.3 is 0 Å². The largest absolute Gasteiger partial charge is 0.369 e. The minimum atomic E-state index is 0.384. The molecule has 0 unspecified atom stereocenters. The number of nitrogen functional groups attached to an aromatic ring is 1. The number of piperidine rings is 1. The molecule has 0 saturated carbocycles. The van der Waals surface area contributed by atoms with Crippen molar-refractivity contribution in [3.05, 3.63) is 58.6 Å². The normalized spacial score (nSPS) is 16.6. The number of aromatic nitrogens is 2. The van der Waals surface area contributed by atoms with E-state index in [1.54, 1.807) is 0 Å². The Hall–Kier alpha value is -2.04. The second-order valence-corrected chi connectivity index (χ2v) is 7.28. The summed E-state index contributed by atoms with van der Waals surface area (Å²) in [5.41, 5.74) is 10.7. The average Bonchev–Trinajstić information content (AvgIpc) is 2.97. The molecule has 1 aromatic heterocycles. The lowest BCUT2D eigenvalue weighted by atomic mass is 10.0. The number of likely N-dealkylation sites (tertiary alicyclic amines) is 1. The number of aryl methyl sites for hydroxylation is 1. The Labute approximate surface area is 153 Å². The molecule has 2 heterocycles. The van der Waals surface area contributed by atoms with Crippen molar-refractivity contribution in [1.82, 2.24) is 14.5 Å². The fourth-order valence-corrected chi connectivity index (χ4v) is 4.05. The first-order valence-electron chi connectivity index (χ1n) is 8.82. The third-order valence-corrected chi connectivity index (χ3v) is 5.65. The summed E-state index contributed by atoms with van der Waals surface area (Å²) < 4.78 is 2.20. The van der Waals surface area contributed by atoms with Crippen molar-refractivity contribution in [2.45, 2.75) is 32.4 Å². The summed E-state index contributed by atoms with van der Waals surface area (Å²) in [6, 6.07) is 14.9. The smallest absolute Gasteiger partial charge is 0.201 e. The quantitative estimate of drug-likeness (QED) is 0.757. The van der Waals surface area contributed by atoms with Crippen molar-refractivity contribution < 1.29 is 0 Å². The third kappa shape index (κ3) is 3.12. The lowest BCUT2D eigenvalue weighted by Gasteiger charge is -2.33. The molecule has 130 valence electrons. The lowest BCUT2D eigenvalue weighted by molar-refractivity contribution is 0.182. The maximum Gasteiger partial charge on any atom is 0.201 e. The average molecular weight is 355 g/mol. The molecule has 1 aliphatic rings. The van der Waals surface area contributed by atoms with E-state index < -0.39 is 0 Å². The predicted molar refractivity (Wildman–Crippen MR) is 104 cm³/mol. The highest BCUT2D eigenvalue weighted by Gasteiger charge is 2.25. The first kappa shape index (κ1) is 16.4.